The lowest BCUT2D eigenvalue weighted by Gasteiger charge is -2.24. The van der Waals surface area contributed by atoms with E-state index in [0.717, 1.165) is 29.4 Å². The number of para-hydroxylation sites is 1. The van der Waals surface area contributed by atoms with Gasteiger partial charge in [-0.25, -0.2) is 4.98 Å². The van der Waals surface area contributed by atoms with Crippen LogP contribution in [0.25, 0.3) is 10.9 Å². The summed E-state index contributed by atoms with van der Waals surface area (Å²) in [5.41, 5.74) is 4.60. The van der Waals surface area contributed by atoms with E-state index in [1.807, 2.05) is 36.2 Å². The highest BCUT2D eigenvalue weighted by atomic mass is 16.2. The number of anilines is 1. The predicted molar refractivity (Wildman–Crippen MR) is 83.9 cm³/mol. The third kappa shape index (κ3) is 2.56. The summed E-state index contributed by atoms with van der Waals surface area (Å²) in [6, 6.07) is 9.73. The largest absolute Gasteiger partial charge is 0.337 e. The maximum absolute atomic E-state index is 12.6. The molecule has 0 aliphatic heterocycles. The van der Waals surface area contributed by atoms with Crippen molar-refractivity contribution in [3.05, 3.63) is 36.0 Å². The standard InChI is InChI=1S/C16H20N4O/c1-20(11-6-2-3-7-11)16(21)15-10-14(19-17)12-8-4-5-9-13(12)18-15/h4-5,8-11H,2-3,6-7,17H2,1H3,(H,18,19). The summed E-state index contributed by atoms with van der Waals surface area (Å²) in [4.78, 5) is 19.0. The van der Waals surface area contributed by atoms with Crippen molar-refractivity contribution in [3.8, 4) is 0 Å². The molecule has 3 rings (SSSR count). The number of benzene rings is 1. The number of hydrogen-bond acceptors (Lipinski definition) is 4. The van der Waals surface area contributed by atoms with Crippen molar-refractivity contribution < 1.29 is 4.79 Å². The molecule has 1 aliphatic carbocycles. The summed E-state index contributed by atoms with van der Waals surface area (Å²) in [7, 11) is 1.87. The van der Waals surface area contributed by atoms with E-state index in [2.05, 4.69) is 10.4 Å². The molecule has 0 unspecified atom stereocenters. The van der Waals surface area contributed by atoms with E-state index in [0.29, 0.717) is 11.7 Å². The van der Waals surface area contributed by atoms with Gasteiger partial charge in [-0.1, -0.05) is 31.0 Å². The van der Waals surface area contributed by atoms with Crippen molar-refractivity contribution in [3.63, 3.8) is 0 Å². The second-order valence-electron chi connectivity index (χ2n) is 5.57. The summed E-state index contributed by atoms with van der Waals surface area (Å²) in [5, 5.41) is 0.917. The van der Waals surface area contributed by atoms with Gasteiger partial charge in [0.1, 0.15) is 5.69 Å². The molecule has 3 N–H and O–H groups in total. The van der Waals surface area contributed by atoms with Gasteiger partial charge in [-0.05, 0) is 25.0 Å². The fraction of sp³-hybridized carbons (Fsp3) is 0.375. The van der Waals surface area contributed by atoms with Crippen LogP contribution in [0.3, 0.4) is 0 Å². The number of nitrogen functional groups attached to an aromatic ring is 1. The van der Waals surface area contributed by atoms with Gasteiger partial charge in [0.15, 0.2) is 0 Å². The lowest BCUT2D eigenvalue weighted by molar-refractivity contribution is 0.0729. The second kappa shape index (κ2) is 5.69. The van der Waals surface area contributed by atoms with Crippen molar-refractivity contribution in [1.29, 1.82) is 0 Å². The van der Waals surface area contributed by atoms with E-state index in [1.165, 1.54) is 12.8 Å². The Bertz CT molecular complexity index is 664. The highest BCUT2D eigenvalue weighted by molar-refractivity contribution is 5.99. The van der Waals surface area contributed by atoms with E-state index in [9.17, 15) is 4.79 Å². The first-order valence-corrected chi connectivity index (χ1v) is 7.34. The molecule has 1 aromatic carbocycles. The number of nitrogens with two attached hydrogens (primary N) is 1. The van der Waals surface area contributed by atoms with Gasteiger partial charge in [0, 0.05) is 18.5 Å². The van der Waals surface area contributed by atoms with Crippen LogP contribution in [0.4, 0.5) is 5.69 Å². The number of hydrazine groups is 1. The quantitative estimate of drug-likeness (QED) is 0.671. The molecule has 2 aromatic rings. The van der Waals surface area contributed by atoms with Crippen molar-refractivity contribution in [2.24, 2.45) is 5.84 Å². The molecule has 0 radical (unpaired) electrons. The lowest BCUT2D eigenvalue weighted by Crippen LogP contribution is -2.35. The number of hydrogen-bond donors (Lipinski definition) is 2. The number of carbonyl (C=O) groups excluding carboxylic acids is 1. The fourth-order valence-electron chi connectivity index (χ4n) is 3.04. The molecule has 0 bridgehead atoms. The van der Waals surface area contributed by atoms with Crippen molar-refractivity contribution in [2.45, 2.75) is 31.7 Å². The minimum atomic E-state index is -0.0378. The van der Waals surface area contributed by atoms with Crippen LogP contribution >= 0.6 is 0 Å². The highest BCUT2D eigenvalue weighted by Crippen LogP contribution is 2.26. The van der Waals surface area contributed by atoms with Gasteiger partial charge in [0.25, 0.3) is 5.91 Å². The van der Waals surface area contributed by atoms with Crippen LogP contribution < -0.4 is 11.3 Å². The van der Waals surface area contributed by atoms with Crippen LogP contribution in [0.2, 0.25) is 0 Å². The lowest BCUT2D eigenvalue weighted by atomic mass is 10.1. The topological polar surface area (TPSA) is 71.2 Å². The Labute approximate surface area is 124 Å². The Balaban J connectivity index is 1.97. The zero-order valence-corrected chi connectivity index (χ0v) is 12.2. The highest BCUT2D eigenvalue weighted by Gasteiger charge is 2.25. The number of aromatic nitrogens is 1. The van der Waals surface area contributed by atoms with Gasteiger partial charge in [-0.2, -0.15) is 0 Å². The molecule has 0 spiro atoms. The summed E-state index contributed by atoms with van der Waals surface area (Å²) >= 11 is 0. The van der Waals surface area contributed by atoms with Gasteiger partial charge in [0.2, 0.25) is 0 Å². The summed E-state index contributed by atoms with van der Waals surface area (Å²) in [6.45, 7) is 0. The first-order valence-electron chi connectivity index (χ1n) is 7.34. The molecule has 21 heavy (non-hydrogen) atoms. The summed E-state index contributed by atoms with van der Waals surface area (Å²) < 4.78 is 0. The molecular formula is C16H20N4O. The SMILES string of the molecule is CN(C(=O)c1cc(NN)c2ccccc2n1)C1CCCC1. The molecule has 0 saturated heterocycles. The molecule has 5 heteroatoms. The molecule has 5 nitrogen and oxygen atoms in total. The molecule has 1 amide bonds. The molecule has 1 saturated carbocycles. The van der Waals surface area contributed by atoms with Crippen LogP contribution in [-0.4, -0.2) is 28.9 Å². The van der Waals surface area contributed by atoms with E-state index in [1.54, 1.807) is 6.07 Å². The second-order valence-corrected chi connectivity index (χ2v) is 5.57. The Hall–Kier alpha value is -2.14. The van der Waals surface area contributed by atoms with E-state index >= 15 is 0 Å². The number of fused-ring (bicyclic) bond motifs is 1. The zero-order chi connectivity index (χ0) is 14.8. The van der Waals surface area contributed by atoms with Crippen molar-refractivity contribution in [1.82, 2.24) is 9.88 Å². The van der Waals surface area contributed by atoms with Crippen LogP contribution in [0.5, 0.6) is 0 Å². The third-order valence-electron chi connectivity index (χ3n) is 4.28. The number of pyridine rings is 1. The average molecular weight is 284 g/mol. The maximum atomic E-state index is 12.6. The molecule has 1 aromatic heterocycles. The predicted octanol–water partition coefficient (Wildman–Crippen LogP) is 2.54. The molecule has 110 valence electrons. The van der Waals surface area contributed by atoms with Gasteiger partial charge in [0.05, 0.1) is 11.2 Å². The number of nitrogens with zero attached hydrogens (tertiary/aromatic N) is 2. The Kier molecular flexibility index (Phi) is 3.75. The van der Waals surface area contributed by atoms with E-state index in [4.69, 9.17) is 5.84 Å². The van der Waals surface area contributed by atoms with Crippen LogP contribution in [0.15, 0.2) is 30.3 Å². The van der Waals surface area contributed by atoms with Crippen LogP contribution in [0.1, 0.15) is 36.2 Å². The molecule has 1 heterocycles. The average Bonchev–Trinajstić information content (AvgIpc) is 3.06. The van der Waals surface area contributed by atoms with Gasteiger partial charge in [-0.3, -0.25) is 10.6 Å². The molecule has 1 aliphatic rings. The normalized spacial score (nSPS) is 15.3. The molecular weight excluding hydrogens is 264 g/mol. The Morgan fingerprint density at radius 2 is 2.05 bits per heavy atom. The van der Waals surface area contributed by atoms with Gasteiger partial charge < -0.3 is 10.3 Å². The Morgan fingerprint density at radius 1 is 1.33 bits per heavy atom. The van der Waals surface area contributed by atoms with Crippen molar-refractivity contribution >= 4 is 22.5 Å². The van der Waals surface area contributed by atoms with Crippen LogP contribution in [0, 0.1) is 0 Å². The summed E-state index contributed by atoms with van der Waals surface area (Å²) in [6.07, 6.45) is 4.56. The third-order valence-corrected chi connectivity index (χ3v) is 4.28. The molecule has 1 fully saturated rings. The van der Waals surface area contributed by atoms with Gasteiger partial charge in [-0.15, -0.1) is 0 Å². The van der Waals surface area contributed by atoms with Crippen LogP contribution in [-0.2, 0) is 0 Å². The number of amides is 1. The molecule has 0 atom stereocenters. The van der Waals surface area contributed by atoms with E-state index in [-0.39, 0.29) is 5.91 Å². The monoisotopic (exact) mass is 284 g/mol. The minimum Gasteiger partial charge on any atom is -0.337 e. The number of rotatable bonds is 3. The van der Waals surface area contributed by atoms with E-state index < -0.39 is 0 Å². The number of nitrogens with one attached hydrogen (secondary N) is 1. The van der Waals surface area contributed by atoms with Crippen molar-refractivity contribution in [2.75, 3.05) is 12.5 Å². The van der Waals surface area contributed by atoms with Gasteiger partial charge >= 0.3 is 0 Å². The first-order chi connectivity index (χ1) is 10.2. The minimum absolute atomic E-state index is 0.0378. The number of carbonyl (C=O) groups is 1. The first kappa shape index (κ1) is 13.8. The summed E-state index contributed by atoms with van der Waals surface area (Å²) in [5.74, 6) is 5.54. The fourth-order valence-corrected chi connectivity index (χ4v) is 3.04. The Morgan fingerprint density at radius 3 is 2.76 bits per heavy atom. The smallest absolute Gasteiger partial charge is 0.272 e. The maximum Gasteiger partial charge on any atom is 0.272 e. The zero-order valence-electron chi connectivity index (χ0n) is 12.2.